The van der Waals surface area contributed by atoms with Crippen molar-refractivity contribution in [2.45, 2.75) is 58.6 Å². The molecule has 0 bridgehead atoms. The third-order valence-electron chi connectivity index (χ3n) is 5.38. The smallest absolute Gasteiger partial charge is 0.222 e. The number of ether oxygens (including phenoxy) is 1. The summed E-state index contributed by atoms with van der Waals surface area (Å²) in [5.41, 5.74) is 2.57. The van der Waals surface area contributed by atoms with Crippen LogP contribution in [-0.4, -0.2) is 23.5 Å². The van der Waals surface area contributed by atoms with Crippen molar-refractivity contribution in [3.63, 3.8) is 0 Å². The minimum atomic E-state index is 0.149. The van der Waals surface area contributed by atoms with Gasteiger partial charge in [0.05, 0.1) is 18.9 Å². The zero-order chi connectivity index (χ0) is 22.1. The highest BCUT2D eigenvalue weighted by molar-refractivity contribution is 5.75. The molecule has 0 saturated carbocycles. The number of furan rings is 1. The molecule has 0 N–H and O–H groups in total. The average molecular weight is 420 g/mol. The zero-order valence-corrected chi connectivity index (χ0v) is 18.8. The third kappa shape index (κ3) is 7.02. The summed E-state index contributed by atoms with van der Waals surface area (Å²) in [4.78, 5) is 14.5. The molecule has 1 heterocycles. The first kappa shape index (κ1) is 22.7. The van der Waals surface area contributed by atoms with E-state index in [1.165, 1.54) is 11.1 Å². The average Bonchev–Trinajstić information content (AvgIpc) is 3.29. The largest absolute Gasteiger partial charge is 0.491 e. The van der Waals surface area contributed by atoms with Crippen LogP contribution in [0.2, 0.25) is 0 Å². The molecule has 1 atom stereocenters. The lowest BCUT2D eigenvalue weighted by molar-refractivity contribution is -0.131. The van der Waals surface area contributed by atoms with Gasteiger partial charge in [0.2, 0.25) is 5.91 Å². The normalized spacial score (nSPS) is 12.0. The quantitative estimate of drug-likeness (QED) is 0.370. The molecule has 0 aliphatic rings. The maximum Gasteiger partial charge on any atom is 0.222 e. The predicted molar refractivity (Wildman–Crippen MR) is 124 cm³/mol. The van der Waals surface area contributed by atoms with Gasteiger partial charge in [-0.15, -0.1) is 0 Å². The van der Waals surface area contributed by atoms with Crippen LogP contribution in [0.4, 0.5) is 0 Å². The van der Waals surface area contributed by atoms with Gasteiger partial charge in [-0.05, 0) is 68.0 Å². The Balaban J connectivity index is 1.75. The Bertz CT molecular complexity index is 901. The zero-order valence-electron chi connectivity index (χ0n) is 18.8. The van der Waals surface area contributed by atoms with Crippen LogP contribution < -0.4 is 4.74 Å². The van der Waals surface area contributed by atoms with Crippen LogP contribution in [0, 0.1) is 0 Å². The molecule has 1 amide bonds. The number of amides is 1. The first-order chi connectivity index (χ1) is 15.0. The molecule has 0 radical (unpaired) electrons. The maximum atomic E-state index is 12.6. The second-order valence-electron chi connectivity index (χ2n) is 8.16. The fourth-order valence-corrected chi connectivity index (χ4v) is 3.79. The molecule has 164 valence electrons. The Labute approximate surface area is 185 Å². The van der Waals surface area contributed by atoms with Crippen LogP contribution in [0.1, 0.15) is 56.4 Å². The molecule has 4 nitrogen and oxygen atoms in total. The molecule has 0 fully saturated rings. The van der Waals surface area contributed by atoms with E-state index >= 15 is 0 Å². The van der Waals surface area contributed by atoms with Gasteiger partial charge in [-0.25, -0.2) is 0 Å². The van der Waals surface area contributed by atoms with Crippen molar-refractivity contribution in [3.05, 3.63) is 89.9 Å². The molecule has 4 heteroatoms. The minimum Gasteiger partial charge on any atom is -0.491 e. The molecule has 31 heavy (non-hydrogen) atoms. The van der Waals surface area contributed by atoms with E-state index in [0.717, 1.165) is 24.4 Å². The standard InChI is InChI=1S/C27H33NO3/c1-4-27(29)28(20-26-11-8-18-30-26)17-16-24(19-22-9-6-5-7-10-22)23-12-14-25(15-13-23)31-21(2)3/h5-15,18,21,24H,4,16-17,19-20H2,1-3H3/t24-/m1/s1. The fourth-order valence-electron chi connectivity index (χ4n) is 3.79. The summed E-state index contributed by atoms with van der Waals surface area (Å²) in [6.45, 7) is 7.18. The first-order valence-electron chi connectivity index (χ1n) is 11.2. The fraction of sp³-hybridized carbons (Fsp3) is 0.370. The van der Waals surface area contributed by atoms with Gasteiger partial charge in [0.15, 0.2) is 0 Å². The van der Waals surface area contributed by atoms with Gasteiger partial charge in [0.1, 0.15) is 11.5 Å². The maximum absolute atomic E-state index is 12.6. The molecule has 0 aliphatic carbocycles. The van der Waals surface area contributed by atoms with E-state index in [1.54, 1.807) is 6.26 Å². The summed E-state index contributed by atoms with van der Waals surface area (Å²) in [6, 6.07) is 22.7. The monoisotopic (exact) mass is 419 g/mol. The summed E-state index contributed by atoms with van der Waals surface area (Å²) in [6.07, 6.45) is 4.11. The Morgan fingerprint density at radius 2 is 1.74 bits per heavy atom. The van der Waals surface area contributed by atoms with E-state index in [2.05, 4.69) is 36.4 Å². The molecule has 0 aliphatic heterocycles. The number of benzene rings is 2. The van der Waals surface area contributed by atoms with Crippen LogP contribution >= 0.6 is 0 Å². The summed E-state index contributed by atoms with van der Waals surface area (Å²) in [7, 11) is 0. The molecular formula is C27H33NO3. The van der Waals surface area contributed by atoms with Crippen LogP contribution in [0.25, 0.3) is 0 Å². The van der Waals surface area contributed by atoms with E-state index < -0.39 is 0 Å². The highest BCUT2D eigenvalue weighted by Gasteiger charge is 2.18. The highest BCUT2D eigenvalue weighted by Crippen LogP contribution is 2.27. The molecule has 3 aromatic rings. The van der Waals surface area contributed by atoms with Crippen molar-refractivity contribution >= 4 is 5.91 Å². The highest BCUT2D eigenvalue weighted by atomic mass is 16.5. The van der Waals surface area contributed by atoms with Crippen molar-refractivity contribution < 1.29 is 13.9 Å². The topological polar surface area (TPSA) is 42.7 Å². The van der Waals surface area contributed by atoms with Gasteiger partial charge in [-0.1, -0.05) is 49.4 Å². The lowest BCUT2D eigenvalue weighted by atomic mass is 9.89. The minimum absolute atomic E-state index is 0.149. The molecule has 0 unspecified atom stereocenters. The number of hydrogen-bond donors (Lipinski definition) is 0. The first-order valence-corrected chi connectivity index (χ1v) is 11.2. The molecule has 2 aromatic carbocycles. The van der Waals surface area contributed by atoms with Crippen molar-refractivity contribution in [1.82, 2.24) is 4.90 Å². The number of rotatable bonds is 11. The Morgan fingerprint density at radius 1 is 1.00 bits per heavy atom. The lowest BCUT2D eigenvalue weighted by Crippen LogP contribution is -2.31. The summed E-state index contributed by atoms with van der Waals surface area (Å²) in [5, 5.41) is 0. The lowest BCUT2D eigenvalue weighted by Gasteiger charge is -2.25. The van der Waals surface area contributed by atoms with Crippen LogP contribution in [0.15, 0.2) is 77.4 Å². The molecule has 0 saturated heterocycles. The third-order valence-corrected chi connectivity index (χ3v) is 5.38. The second-order valence-corrected chi connectivity index (χ2v) is 8.16. The molecule has 0 spiro atoms. The van der Waals surface area contributed by atoms with Crippen molar-refractivity contribution in [2.75, 3.05) is 6.54 Å². The van der Waals surface area contributed by atoms with Gasteiger partial charge in [-0.2, -0.15) is 0 Å². The van der Waals surface area contributed by atoms with E-state index in [0.29, 0.717) is 25.4 Å². The summed E-state index contributed by atoms with van der Waals surface area (Å²) in [5.74, 6) is 2.16. The Hall–Kier alpha value is -3.01. The number of carbonyl (C=O) groups is 1. The van der Waals surface area contributed by atoms with Crippen LogP contribution in [-0.2, 0) is 17.8 Å². The molecule has 3 rings (SSSR count). The Kier molecular flexibility index (Phi) is 8.34. The Morgan fingerprint density at radius 3 is 2.35 bits per heavy atom. The van der Waals surface area contributed by atoms with E-state index in [1.807, 2.05) is 56.0 Å². The van der Waals surface area contributed by atoms with Crippen molar-refractivity contribution in [1.29, 1.82) is 0 Å². The number of nitrogens with zero attached hydrogens (tertiary/aromatic N) is 1. The van der Waals surface area contributed by atoms with Gasteiger partial charge in [0, 0.05) is 13.0 Å². The second kappa shape index (κ2) is 11.4. The van der Waals surface area contributed by atoms with Crippen LogP contribution in [0.3, 0.4) is 0 Å². The SMILES string of the molecule is CCC(=O)N(CC[C@H](Cc1ccccc1)c1ccc(OC(C)C)cc1)Cc1ccco1. The van der Waals surface area contributed by atoms with Gasteiger partial charge in [-0.3, -0.25) is 4.79 Å². The summed E-state index contributed by atoms with van der Waals surface area (Å²) < 4.78 is 11.3. The number of carbonyl (C=O) groups excluding carboxylic acids is 1. The summed E-state index contributed by atoms with van der Waals surface area (Å²) >= 11 is 0. The predicted octanol–water partition coefficient (Wildman–Crippen LogP) is 6.22. The van der Waals surface area contributed by atoms with Gasteiger partial charge >= 0.3 is 0 Å². The van der Waals surface area contributed by atoms with Gasteiger partial charge < -0.3 is 14.1 Å². The van der Waals surface area contributed by atoms with Crippen LogP contribution in [0.5, 0.6) is 5.75 Å². The molecular weight excluding hydrogens is 386 g/mol. The number of hydrogen-bond acceptors (Lipinski definition) is 3. The van der Waals surface area contributed by atoms with Crippen molar-refractivity contribution in [3.8, 4) is 5.75 Å². The van der Waals surface area contributed by atoms with Gasteiger partial charge in [0.25, 0.3) is 0 Å². The van der Waals surface area contributed by atoms with E-state index in [4.69, 9.17) is 9.15 Å². The van der Waals surface area contributed by atoms with E-state index in [9.17, 15) is 4.79 Å². The molecule has 1 aromatic heterocycles. The van der Waals surface area contributed by atoms with E-state index in [-0.39, 0.29) is 12.0 Å². The van der Waals surface area contributed by atoms with Crippen molar-refractivity contribution in [2.24, 2.45) is 0 Å².